The molecule has 2 rings (SSSR count). The van der Waals surface area contributed by atoms with Crippen LogP contribution in [0.4, 0.5) is 5.82 Å². The van der Waals surface area contributed by atoms with Gasteiger partial charge in [-0.25, -0.2) is 4.79 Å². The highest BCUT2D eigenvalue weighted by Crippen LogP contribution is 2.19. The molecule has 11 heavy (non-hydrogen) atoms. The van der Waals surface area contributed by atoms with Crippen LogP contribution in [0, 0.1) is 0 Å². The lowest BCUT2D eigenvalue weighted by Crippen LogP contribution is -2.29. The van der Waals surface area contributed by atoms with Gasteiger partial charge in [0.15, 0.2) is 0 Å². The number of rotatable bonds is 1. The van der Waals surface area contributed by atoms with E-state index in [1.54, 1.807) is 4.57 Å². The molecule has 1 aliphatic rings. The Morgan fingerprint density at radius 2 is 2.64 bits per heavy atom. The first-order valence-corrected chi connectivity index (χ1v) is 3.65. The van der Waals surface area contributed by atoms with E-state index in [1.165, 1.54) is 0 Å². The minimum Gasteiger partial charge on any atom is -0.365 e. The van der Waals surface area contributed by atoms with Crippen LogP contribution in [0.25, 0.3) is 0 Å². The van der Waals surface area contributed by atoms with Crippen LogP contribution in [-0.4, -0.2) is 9.55 Å². The van der Waals surface area contributed by atoms with E-state index < -0.39 is 0 Å². The summed E-state index contributed by atoms with van der Waals surface area (Å²) in [7, 11) is 0. The summed E-state index contributed by atoms with van der Waals surface area (Å²) < 4.78 is 1.61. The van der Waals surface area contributed by atoms with Crippen molar-refractivity contribution in [3.63, 3.8) is 0 Å². The minimum absolute atomic E-state index is 0.168. The lowest BCUT2D eigenvalue weighted by molar-refractivity contribution is 0.681. The first-order valence-electron chi connectivity index (χ1n) is 3.65. The zero-order valence-electron chi connectivity index (χ0n) is 6.29. The maximum absolute atomic E-state index is 11.1. The molecule has 2 heterocycles. The molecule has 0 aromatic carbocycles. The number of hydrogen-bond donors (Lipinski definition) is 1. The predicted molar refractivity (Wildman–Crippen MR) is 41.5 cm³/mol. The molecular weight excluding hydrogens is 142 g/mol. The SMILES string of the molecule is CCn1cc2c(nc1=O)NC2. The van der Waals surface area contributed by atoms with Gasteiger partial charge in [-0.3, -0.25) is 4.57 Å². The van der Waals surface area contributed by atoms with Crippen molar-refractivity contribution in [2.24, 2.45) is 0 Å². The van der Waals surface area contributed by atoms with Gasteiger partial charge in [0, 0.05) is 24.8 Å². The number of aromatic nitrogens is 2. The Morgan fingerprint density at radius 3 is 3.18 bits per heavy atom. The molecule has 0 saturated carbocycles. The molecule has 0 saturated heterocycles. The average molecular weight is 151 g/mol. The highest BCUT2D eigenvalue weighted by atomic mass is 16.1. The monoisotopic (exact) mass is 151 g/mol. The lowest BCUT2D eigenvalue weighted by atomic mass is 10.2. The Kier molecular flexibility index (Phi) is 1.21. The van der Waals surface area contributed by atoms with E-state index in [4.69, 9.17) is 0 Å². The molecule has 0 amide bonds. The third kappa shape index (κ3) is 0.824. The fourth-order valence-electron chi connectivity index (χ4n) is 1.12. The maximum Gasteiger partial charge on any atom is 0.349 e. The van der Waals surface area contributed by atoms with Crippen molar-refractivity contribution in [3.8, 4) is 0 Å². The second-order valence-electron chi connectivity index (χ2n) is 2.54. The van der Waals surface area contributed by atoms with E-state index in [0.29, 0.717) is 6.54 Å². The Labute approximate surface area is 63.9 Å². The number of nitrogens with zero attached hydrogens (tertiary/aromatic N) is 2. The predicted octanol–water partition coefficient (Wildman–Crippen LogP) is 0.189. The van der Waals surface area contributed by atoms with Crippen molar-refractivity contribution in [1.29, 1.82) is 0 Å². The van der Waals surface area contributed by atoms with Crippen molar-refractivity contribution in [2.45, 2.75) is 20.0 Å². The summed E-state index contributed by atoms with van der Waals surface area (Å²) in [5.41, 5.74) is 0.963. The quantitative estimate of drug-likeness (QED) is 0.623. The van der Waals surface area contributed by atoms with Gasteiger partial charge in [0.1, 0.15) is 5.82 Å². The van der Waals surface area contributed by atoms with Crippen LogP contribution >= 0.6 is 0 Å². The summed E-state index contributed by atoms with van der Waals surface area (Å²) in [4.78, 5) is 14.9. The molecule has 0 unspecified atom stereocenters. The highest BCUT2D eigenvalue weighted by molar-refractivity contribution is 5.51. The molecule has 0 spiro atoms. The third-order valence-corrected chi connectivity index (χ3v) is 1.86. The van der Waals surface area contributed by atoms with Crippen LogP contribution in [0.5, 0.6) is 0 Å². The fourth-order valence-corrected chi connectivity index (χ4v) is 1.12. The van der Waals surface area contributed by atoms with Crippen molar-refractivity contribution in [1.82, 2.24) is 9.55 Å². The van der Waals surface area contributed by atoms with Crippen LogP contribution < -0.4 is 11.0 Å². The van der Waals surface area contributed by atoms with Crippen LogP contribution in [0.3, 0.4) is 0 Å². The topological polar surface area (TPSA) is 46.9 Å². The summed E-state index contributed by atoms with van der Waals surface area (Å²) in [5.74, 6) is 0.750. The van der Waals surface area contributed by atoms with Crippen molar-refractivity contribution in [3.05, 3.63) is 22.2 Å². The molecule has 1 aromatic rings. The Balaban J connectivity index is 2.59. The number of fused-ring (bicyclic) bond motifs is 1. The van der Waals surface area contributed by atoms with Crippen LogP contribution in [0.2, 0.25) is 0 Å². The van der Waals surface area contributed by atoms with Crippen LogP contribution in [-0.2, 0) is 13.1 Å². The van der Waals surface area contributed by atoms with Gasteiger partial charge in [0.05, 0.1) is 0 Å². The van der Waals surface area contributed by atoms with Crippen molar-refractivity contribution >= 4 is 5.82 Å². The van der Waals surface area contributed by atoms with Gasteiger partial charge >= 0.3 is 5.69 Å². The molecule has 1 aliphatic heterocycles. The lowest BCUT2D eigenvalue weighted by Gasteiger charge is -2.19. The minimum atomic E-state index is -0.168. The molecule has 0 fully saturated rings. The van der Waals surface area contributed by atoms with Gasteiger partial charge in [-0.05, 0) is 6.92 Å². The van der Waals surface area contributed by atoms with Gasteiger partial charge < -0.3 is 5.32 Å². The Bertz CT molecular complexity index is 342. The number of aryl methyl sites for hydroxylation is 1. The number of anilines is 1. The smallest absolute Gasteiger partial charge is 0.349 e. The average Bonchev–Trinajstić information content (AvgIpc) is 1.97. The van der Waals surface area contributed by atoms with Crippen LogP contribution in [0.1, 0.15) is 12.5 Å². The molecule has 0 bridgehead atoms. The number of nitrogens with one attached hydrogen (secondary N) is 1. The summed E-state index contributed by atoms with van der Waals surface area (Å²) in [6.45, 7) is 3.46. The molecule has 1 aromatic heterocycles. The molecule has 58 valence electrons. The van der Waals surface area contributed by atoms with E-state index in [1.807, 2.05) is 13.1 Å². The maximum atomic E-state index is 11.1. The van der Waals surface area contributed by atoms with Gasteiger partial charge in [0.2, 0.25) is 0 Å². The molecule has 0 atom stereocenters. The molecule has 4 nitrogen and oxygen atoms in total. The van der Waals surface area contributed by atoms with Gasteiger partial charge in [0.25, 0.3) is 0 Å². The molecule has 0 radical (unpaired) electrons. The zero-order chi connectivity index (χ0) is 7.84. The summed E-state index contributed by atoms with van der Waals surface area (Å²) in [6.07, 6.45) is 1.86. The van der Waals surface area contributed by atoms with E-state index in [-0.39, 0.29) is 5.69 Å². The molecule has 1 N–H and O–H groups in total. The largest absolute Gasteiger partial charge is 0.365 e. The highest BCUT2D eigenvalue weighted by Gasteiger charge is 2.14. The van der Waals surface area contributed by atoms with E-state index in [9.17, 15) is 4.79 Å². The Hall–Kier alpha value is -1.32. The molecule has 0 aliphatic carbocycles. The Morgan fingerprint density at radius 1 is 1.82 bits per heavy atom. The first kappa shape index (κ1) is 6.39. The summed E-state index contributed by atoms with van der Waals surface area (Å²) in [6, 6.07) is 0. The van der Waals surface area contributed by atoms with Crippen molar-refractivity contribution < 1.29 is 0 Å². The van der Waals surface area contributed by atoms with Gasteiger partial charge in [-0.1, -0.05) is 0 Å². The molecule has 4 heteroatoms. The second kappa shape index (κ2) is 2.08. The zero-order valence-corrected chi connectivity index (χ0v) is 6.29. The van der Waals surface area contributed by atoms with E-state index in [0.717, 1.165) is 17.9 Å². The summed E-state index contributed by atoms with van der Waals surface area (Å²) in [5, 5.41) is 2.96. The van der Waals surface area contributed by atoms with Gasteiger partial charge in [-0.15, -0.1) is 0 Å². The first-order chi connectivity index (χ1) is 5.31. The number of hydrogen-bond acceptors (Lipinski definition) is 3. The second-order valence-corrected chi connectivity index (χ2v) is 2.54. The summed E-state index contributed by atoms with van der Waals surface area (Å²) >= 11 is 0. The molecular formula is C7H9N3O. The standard InChI is InChI=1S/C7H9N3O/c1-2-10-4-5-3-8-6(5)9-7(10)11/h4H,2-3H2,1H3,(H,8,9,11). The third-order valence-electron chi connectivity index (χ3n) is 1.86. The van der Waals surface area contributed by atoms with Crippen LogP contribution in [0.15, 0.2) is 11.0 Å². The van der Waals surface area contributed by atoms with E-state index >= 15 is 0 Å². The normalized spacial score (nSPS) is 13.2. The van der Waals surface area contributed by atoms with E-state index in [2.05, 4.69) is 10.3 Å². The fraction of sp³-hybridized carbons (Fsp3) is 0.429. The van der Waals surface area contributed by atoms with Crippen molar-refractivity contribution in [2.75, 3.05) is 5.32 Å². The van der Waals surface area contributed by atoms with Gasteiger partial charge in [-0.2, -0.15) is 4.98 Å².